The molecule has 13 heavy (non-hydrogen) atoms. The quantitative estimate of drug-likeness (QED) is 0.614. The number of hydrogen-bond donors (Lipinski definition) is 0. The highest BCUT2D eigenvalue weighted by Crippen LogP contribution is 2.18. The van der Waals surface area contributed by atoms with Crippen molar-refractivity contribution in [3.8, 4) is 0 Å². The maximum absolute atomic E-state index is 5.28. The van der Waals surface area contributed by atoms with Crippen molar-refractivity contribution in [1.82, 2.24) is 0 Å². The minimum Gasteiger partial charge on any atom is -0.376 e. The summed E-state index contributed by atoms with van der Waals surface area (Å²) in [6.45, 7) is 11.2. The number of nitrogens with zero attached hydrogens (tertiary/aromatic N) is 1. The van der Waals surface area contributed by atoms with E-state index in [1.807, 2.05) is 0 Å². The molecule has 0 fully saturated rings. The van der Waals surface area contributed by atoms with Crippen LogP contribution in [0.2, 0.25) is 0 Å². The van der Waals surface area contributed by atoms with E-state index < -0.39 is 0 Å². The Morgan fingerprint density at radius 1 is 1.23 bits per heavy atom. The zero-order valence-electron chi connectivity index (χ0n) is 10.3. The Morgan fingerprint density at radius 2 is 1.69 bits per heavy atom. The van der Waals surface area contributed by atoms with Crippen molar-refractivity contribution in [2.45, 2.75) is 33.8 Å². The Labute approximate surface area is 83.5 Å². The molecule has 0 rings (SSSR count). The standard InChI is InChI=1S/C11H26NO/c1-10(13-7)8-12(5,6)9-11(2,3)4/h10H,8-9H2,1-7H3/q+1. The third kappa shape index (κ3) is 7.03. The van der Waals surface area contributed by atoms with Gasteiger partial charge in [-0.3, -0.25) is 0 Å². The first-order valence-corrected chi connectivity index (χ1v) is 5.01. The third-order valence-electron chi connectivity index (χ3n) is 2.06. The molecule has 2 heteroatoms. The summed E-state index contributed by atoms with van der Waals surface area (Å²) < 4.78 is 6.31. The number of ether oxygens (including phenoxy) is 1. The van der Waals surface area contributed by atoms with Crippen LogP contribution in [0.4, 0.5) is 0 Å². The molecule has 2 nitrogen and oxygen atoms in total. The average molecular weight is 188 g/mol. The summed E-state index contributed by atoms with van der Waals surface area (Å²) in [6.07, 6.45) is 0.345. The Hall–Kier alpha value is -0.0800. The number of rotatable bonds is 4. The summed E-state index contributed by atoms with van der Waals surface area (Å²) in [5.74, 6) is 0. The van der Waals surface area contributed by atoms with Gasteiger partial charge in [0.1, 0.15) is 12.6 Å². The molecule has 80 valence electrons. The predicted octanol–water partition coefficient (Wildman–Crippen LogP) is 2.14. The van der Waals surface area contributed by atoms with Gasteiger partial charge in [0.25, 0.3) is 0 Å². The van der Waals surface area contributed by atoms with Gasteiger partial charge in [-0.1, -0.05) is 20.8 Å². The molecule has 0 aliphatic rings. The molecule has 0 N–H and O–H groups in total. The lowest BCUT2D eigenvalue weighted by atomic mass is 9.95. The van der Waals surface area contributed by atoms with E-state index in [4.69, 9.17) is 4.74 Å². The Kier molecular flexibility index (Phi) is 4.40. The van der Waals surface area contributed by atoms with E-state index in [9.17, 15) is 0 Å². The maximum atomic E-state index is 5.28. The first-order valence-electron chi connectivity index (χ1n) is 5.01. The van der Waals surface area contributed by atoms with Gasteiger partial charge in [-0.25, -0.2) is 0 Å². The van der Waals surface area contributed by atoms with E-state index in [1.165, 1.54) is 6.54 Å². The number of likely N-dealkylation sites (N-methyl/N-ethyl adjacent to an activating group) is 1. The molecule has 1 unspecified atom stereocenters. The molecule has 0 heterocycles. The van der Waals surface area contributed by atoms with Crippen LogP contribution in [0.25, 0.3) is 0 Å². The minimum absolute atomic E-state index is 0.345. The summed E-state index contributed by atoms with van der Waals surface area (Å²) in [6, 6.07) is 0. The van der Waals surface area contributed by atoms with Crippen LogP contribution < -0.4 is 0 Å². The summed E-state index contributed by atoms with van der Waals surface area (Å²) >= 11 is 0. The van der Waals surface area contributed by atoms with Gasteiger partial charge in [-0.05, 0) is 6.92 Å². The lowest BCUT2D eigenvalue weighted by molar-refractivity contribution is -0.899. The fraction of sp³-hybridized carbons (Fsp3) is 1.00. The van der Waals surface area contributed by atoms with Crippen molar-refractivity contribution < 1.29 is 9.22 Å². The van der Waals surface area contributed by atoms with Crippen molar-refractivity contribution in [3.63, 3.8) is 0 Å². The van der Waals surface area contributed by atoms with Gasteiger partial charge in [0.2, 0.25) is 0 Å². The first kappa shape index (κ1) is 12.9. The van der Waals surface area contributed by atoms with E-state index in [1.54, 1.807) is 7.11 Å². The Bertz CT molecular complexity index is 147. The van der Waals surface area contributed by atoms with Crippen LogP contribution in [0.5, 0.6) is 0 Å². The molecule has 0 aromatic heterocycles. The van der Waals surface area contributed by atoms with E-state index in [-0.39, 0.29) is 0 Å². The lowest BCUT2D eigenvalue weighted by Crippen LogP contribution is -2.49. The minimum atomic E-state index is 0.345. The average Bonchev–Trinajstić information content (AvgIpc) is 1.80. The molecule has 0 amide bonds. The highest BCUT2D eigenvalue weighted by molar-refractivity contribution is 4.60. The van der Waals surface area contributed by atoms with Crippen LogP contribution in [-0.2, 0) is 4.74 Å². The second-order valence-corrected chi connectivity index (χ2v) is 5.88. The topological polar surface area (TPSA) is 9.23 Å². The second kappa shape index (κ2) is 4.43. The van der Waals surface area contributed by atoms with Crippen molar-refractivity contribution in [3.05, 3.63) is 0 Å². The van der Waals surface area contributed by atoms with Gasteiger partial charge in [-0.15, -0.1) is 0 Å². The monoisotopic (exact) mass is 188 g/mol. The molecule has 0 aliphatic heterocycles. The first-order chi connectivity index (χ1) is 5.66. The Balaban J connectivity index is 4.08. The lowest BCUT2D eigenvalue weighted by Gasteiger charge is -2.37. The largest absolute Gasteiger partial charge is 0.376 e. The van der Waals surface area contributed by atoms with Gasteiger partial charge >= 0.3 is 0 Å². The zero-order valence-corrected chi connectivity index (χ0v) is 10.3. The second-order valence-electron chi connectivity index (χ2n) is 5.88. The molecule has 0 radical (unpaired) electrons. The van der Waals surface area contributed by atoms with Crippen LogP contribution in [-0.4, -0.2) is 44.9 Å². The van der Waals surface area contributed by atoms with Crippen LogP contribution in [0.15, 0.2) is 0 Å². The highest BCUT2D eigenvalue weighted by atomic mass is 16.5. The van der Waals surface area contributed by atoms with Gasteiger partial charge in [0.05, 0.1) is 20.6 Å². The van der Waals surface area contributed by atoms with E-state index in [0.717, 1.165) is 11.0 Å². The third-order valence-corrected chi connectivity index (χ3v) is 2.06. The molecular formula is C11H26NO+. The molecular weight excluding hydrogens is 162 g/mol. The van der Waals surface area contributed by atoms with Crippen LogP contribution >= 0.6 is 0 Å². The van der Waals surface area contributed by atoms with Crippen LogP contribution in [0, 0.1) is 5.41 Å². The van der Waals surface area contributed by atoms with Crippen LogP contribution in [0.1, 0.15) is 27.7 Å². The van der Waals surface area contributed by atoms with E-state index >= 15 is 0 Å². The summed E-state index contributed by atoms with van der Waals surface area (Å²) in [4.78, 5) is 0. The molecule has 0 bridgehead atoms. The van der Waals surface area contributed by atoms with Gasteiger partial charge < -0.3 is 9.22 Å². The summed E-state index contributed by atoms with van der Waals surface area (Å²) in [5, 5.41) is 0. The normalized spacial score (nSPS) is 15.9. The summed E-state index contributed by atoms with van der Waals surface area (Å²) in [7, 11) is 6.31. The van der Waals surface area contributed by atoms with E-state index in [2.05, 4.69) is 41.8 Å². The van der Waals surface area contributed by atoms with Crippen molar-refractivity contribution in [2.75, 3.05) is 34.3 Å². The van der Waals surface area contributed by atoms with Crippen molar-refractivity contribution in [2.24, 2.45) is 5.41 Å². The number of methoxy groups -OCH3 is 1. The van der Waals surface area contributed by atoms with Gasteiger partial charge in [-0.2, -0.15) is 0 Å². The highest BCUT2D eigenvalue weighted by Gasteiger charge is 2.26. The SMILES string of the molecule is COC(C)C[N+](C)(C)CC(C)(C)C. The van der Waals surface area contributed by atoms with Crippen molar-refractivity contribution >= 4 is 0 Å². The molecule has 0 saturated carbocycles. The van der Waals surface area contributed by atoms with Crippen molar-refractivity contribution in [1.29, 1.82) is 0 Å². The maximum Gasteiger partial charge on any atom is 0.105 e. The van der Waals surface area contributed by atoms with E-state index in [0.29, 0.717) is 11.5 Å². The van der Waals surface area contributed by atoms with Gasteiger partial charge in [0.15, 0.2) is 0 Å². The fourth-order valence-corrected chi connectivity index (χ4v) is 2.12. The Morgan fingerprint density at radius 3 is 2.00 bits per heavy atom. The molecule has 0 aliphatic carbocycles. The molecule has 0 aromatic carbocycles. The van der Waals surface area contributed by atoms with Gasteiger partial charge in [0, 0.05) is 12.5 Å². The molecule has 0 aromatic rings. The fourth-order valence-electron chi connectivity index (χ4n) is 2.12. The number of quaternary nitrogens is 1. The molecule has 1 atom stereocenters. The smallest absolute Gasteiger partial charge is 0.105 e. The van der Waals surface area contributed by atoms with Crippen LogP contribution in [0.3, 0.4) is 0 Å². The number of hydrogen-bond acceptors (Lipinski definition) is 1. The predicted molar refractivity (Wildman–Crippen MR) is 57.8 cm³/mol. The summed E-state index contributed by atoms with van der Waals surface area (Å²) in [5.41, 5.74) is 0.386. The molecule has 0 saturated heterocycles. The zero-order chi connectivity index (χ0) is 10.7. The molecule has 0 spiro atoms.